The van der Waals surface area contributed by atoms with Crippen LogP contribution in [0.25, 0.3) is 11.3 Å². The fourth-order valence-electron chi connectivity index (χ4n) is 6.06. The molecule has 40 heavy (non-hydrogen) atoms. The number of nitrogens with one attached hydrogen (secondary N) is 1. The van der Waals surface area contributed by atoms with Crippen LogP contribution in [0.1, 0.15) is 68.8 Å². The number of aromatic nitrogens is 2. The Bertz CT molecular complexity index is 1610. The zero-order valence-electron chi connectivity index (χ0n) is 24.4. The number of benzene rings is 2. The molecule has 2 aromatic carbocycles. The third-order valence-electron chi connectivity index (χ3n) is 8.26. The number of anilines is 1. The van der Waals surface area contributed by atoms with Crippen LogP contribution in [0.15, 0.2) is 53.4 Å². The number of amides is 1. The quantitative estimate of drug-likeness (QED) is 0.435. The summed E-state index contributed by atoms with van der Waals surface area (Å²) in [7, 11) is -4.14. The van der Waals surface area contributed by atoms with Gasteiger partial charge in [0.2, 0.25) is 11.8 Å². The van der Waals surface area contributed by atoms with Gasteiger partial charge >= 0.3 is 0 Å². The first-order valence-corrected chi connectivity index (χ1v) is 15.4. The van der Waals surface area contributed by atoms with E-state index in [2.05, 4.69) is 28.5 Å². The van der Waals surface area contributed by atoms with Crippen molar-refractivity contribution in [3.05, 3.63) is 65.2 Å². The van der Waals surface area contributed by atoms with E-state index in [9.17, 15) is 14.6 Å². The van der Waals surface area contributed by atoms with Gasteiger partial charge in [-0.25, -0.2) is 18.1 Å². The maximum Gasteiger partial charge on any atom is 0.264 e. The third-order valence-corrected chi connectivity index (χ3v) is 9.59. The SMILES string of the molecule is [2H]C1(N2C(=O)c3cccc(c3)S(=O)(=O)Nc3nc(cc(-c4c(C)cccc4C)n3)OC[C@H]2CC(C)C)CC2(CC2)C1. The lowest BCUT2D eigenvalue weighted by atomic mass is 9.75. The summed E-state index contributed by atoms with van der Waals surface area (Å²) in [6, 6.07) is 12.1. The molecule has 4 bridgehead atoms. The van der Waals surface area contributed by atoms with E-state index in [1.54, 1.807) is 23.1 Å². The van der Waals surface area contributed by atoms with Crippen LogP contribution >= 0.6 is 0 Å². The summed E-state index contributed by atoms with van der Waals surface area (Å²) in [4.78, 5) is 24.8. The third kappa shape index (κ3) is 5.07. The molecular formula is C31H36N4O4S. The Hall–Kier alpha value is -3.46. The highest BCUT2D eigenvalue weighted by Crippen LogP contribution is 2.62. The minimum Gasteiger partial charge on any atom is -0.475 e. The Morgan fingerprint density at radius 2 is 1.80 bits per heavy atom. The van der Waals surface area contributed by atoms with Crippen molar-refractivity contribution < 1.29 is 19.3 Å². The molecule has 0 radical (unpaired) electrons. The second-order valence-corrected chi connectivity index (χ2v) is 13.7. The van der Waals surface area contributed by atoms with Gasteiger partial charge in [0.05, 0.1) is 18.0 Å². The molecule has 1 amide bonds. The van der Waals surface area contributed by atoms with E-state index in [0.29, 0.717) is 25.0 Å². The van der Waals surface area contributed by atoms with Gasteiger partial charge in [-0.05, 0) is 86.6 Å². The van der Waals surface area contributed by atoms with Crippen molar-refractivity contribution in [2.24, 2.45) is 11.3 Å². The summed E-state index contributed by atoms with van der Waals surface area (Å²) in [5, 5.41) is 0. The van der Waals surface area contributed by atoms with Crippen molar-refractivity contribution >= 4 is 21.9 Å². The number of hydrogen-bond acceptors (Lipinski definition) is 6. The van der Waals surface area contributed by atoms with Crippen LogP contribution in [-0.4, -0.2) is 47.9 Å². The Labute approximate surface area is 237 Å². The molecule has 2 heterocycles. The summed E-state index contributed by atoms with van der Waals surface area (Å²) in [5.41, 5.74) is 3.78. The number of fused-ring (bicyclic) bond motifs is 4. The maximum absolute atomic E-state index is 14.2. The van der Waals surface area contributed by atoms with Gasteiger partial charge in [-0.1, -0.05) is 38.1 Å². The molecule has 2 saturated carbocycles. The van der Waals surface area contributed by atoms with Crippen LogP contribution in [0.2, 0.25) is 0 Å². The van der Waals surface area contributed by atoms with Crippen molar-refractivity contribution in [2.75, 3.05) is 11.3 Å². The zero-order chi connectivity index (χ0) is 29.2. The number of carbonyl (C=O) groups excluding carboxylic acids is 1. The van der Waals surface area contributed by atoms with Crippen molar-refractivity contribution in [1.82, 2.24) is 14.9 Å². The first-order chi connectivity index (χ1) is 19.4. The molecule has 0 unspecified atom stereocenters. The number of nitrogens with zero attached hydrogens (tertiary/aromatic N) is 3. The van der Waals surface area contributed by atoms with Crippen LogP contribution in [0.3, 0.4) is 0 Å². The van der Waals surface area contributed by atoms with Crippen LogP contribution in [-0.2, 0) is 10.0 Å². The van der Waals surface area contributed by atoms with Crippen LogP contribution in [0.5, 0.6) is 5.88 Å². The van der Waals surface area contributed by atoms with Gasteiger partial charge in [-0.3, -0.25) is 4.79 Å². The molecule has 8 nitrogen and oxygen atoms in total. The lowest BCUT2D eigenvalue weighted by Crippen LogP contribution is -2.55. The second-order valence-electron chi connectivity index (χ2n) is 12.0. The standard InChI is InChI=1S/C31H36N4O4S/c1-19(2)13-23-18-39-27-15-26(28-20(3)7-5-8-21(28)4)32-30(33-27)34-40(37,38)25-10-6-9-22(14-25)29(36)35(23)24-16-31(17-24)11-12-31/h5-10,14-15,19,23-24H,11-13,16-18H2,1-4H3,(H,32,33,34)/t23-/m1/s1/i24D. The number of rotatable bonds is 4. The number of hydrogen-bond donors (Lipinski definition) is 1. The van der Waals surface area contributed by atoms with Crippen LogP contribution in [0.4, 0.5) is 5.95 Å². The molecule has 3 aliphatic rings. The highest BCUT2D eigenvalue weighted by molar-refractivity contribution is 7.92. The molecule has 1 aliphatic heterocycles. The lowest BCUT2D eigenvalue weighted by Gasteiger charge is -2.47. The largest absolute Gasteiger partial charge is 0.475 e. The first kappa shape index (κ1) is 25.5. The summed E-state index contributed by atoms with van der Waals surface area (Å²) >= 11 is 0. The maximum atomic E-state index is 14.2. The highest BCUT2D eigenvalue weighted by Gasteiger charge is 2.56. The Morgan fingerprint density at radius 3 is 2.48 bits per heavy atom. The predicted octanol–water partition coefficient (Wildman–Crippen LogP) is 5.75. The Balaban J connectivity index is 1.50. The summed E-state index contributed by atoms with van der Waals surface area (Å²) in [6.07, 6.45) is 4.04. The summed E-state index contributed by atoms with van der Waals surface area (Å²) in [5.74, 6) is -0.0310. The van der Waals surface area contributed by atoms with E-state index in [4.69, 9.17) is 4.74 Å². The van der Waals surface area contributed by atoms with E-state index in [-0.39, 0.29) is 46.1 Å². The smallest absolute Gasteiger partial charge is 0.264 e. The van der Waals surface area contributed by atoms with Gasteiger partial charge < -0.3 is 9.64 Å². The molecule has 2 fully saturated rings. The van der Waals surface area contributed by atoms with E-state index < -0.39 is 22.1 Å². The predicted molar refractivity (Wildman–Crippen MR) is 154 cm³/mol. The fraction of sp³-hybridized carbons (Fsp3) is 0.452. The van der Waals surface area contributed by atoms with E-state index in [1.807, 2.05) is 32.0 Å². The molecular weight excluding hydrogens is 524 g/mol. The van der Waals surface area contributed by atoms with Crippen molar-refractivity contribution in [2.45, 2.75) is 76.8 Å². The van der Waals surface area contributed by atoms with Crippen LogP contribution in [0, 0.1) is 25.2 Å². The van der Waals surface area contributed by atoms with Gasteiger partial charge in [0.15, 0.2) is 0 Å². The number of carbonyl (C=O) groups is 1. The van der Waals surface area contributed by atoms with Gasteiger partial charge in [0.25, 0.3) is 15.9 Å². The molecule has 9 heteroatoms. The number of ether oxygens (including phenoxy) is 1. The Morgan fingerprint density at radius 1 is 1.10 bits per heavy atom. The molecule has 2 aliphatic carbocycles. The normalized spacial score (nSPS) is 22.6. The van der Waals surface area contributed by atoms with Gasteiger partial charge in [0, 0.05) is 23.2 Å². The summed E-state index contributed by atoms with van der Waals surface area (Å²) < 4.78 is 45.3. The number of sulfonamides is 1. The van der Waals surface area contributed by atoms with Gasteiger partial charge in [-0.15, -0.1) is 0 Å². The van der Waals surface area contributed by atoms with Crippen molar-refractivity contribution in [3.8, 4) is 17.1 Å². The van der Waals surface area contributed by atoms with Gasteiger partial charge in [0.1, 0.15) is 6.61 Å². The molecule has 0 saturated heterocycles. The second kappa shape index (κ2) is 9.87. The average molecular weight is 562 g/mol. The molecule has 210 valence electrons. The lowest BCUT2D eigenvalue weighted by molar-refractivity contribution is 0.00919. The average Bonchev–Trinajstić information content (AvgIpc) is 3.66. The highest BCUT2D eigenvalue weighted by atomic mass is 32.2. The molecule has 6 rings (SSSR count). The molecule has 1 atom stereocenters. The molecule has 3 aromatic rings. The van der Waals surface area contributed by atoms with E-state index >= 15 is 0 Å². The van der Waals surface area contributed by atoms with Crippen LogP contribution < -0.4 is 9.46 Å². The van der Waals surface area contributed by atoms with Crippen molar-refractivity contribution in [3.63, 3.8) is 0 Å². The van der Waals surface area contributed by atoms with E-state index in [0.717, 1.165) is 29.5 Å². The monoisotopic (exact) mass is 561 g/mol. The van der Waals surface area contributed by atoms with E-state index in [1.165, 1.54) is 12.1 Å². The zero-order valence-corrected chi connectivity index (χ0v) is 24.2. The fourth-order valence-corrected chi connectivity index (χ4v) is 7.05. The minimum atomic E-state index is -4.14. The molecule has 1 N–H and O–H groups in total. The summed E-state index contributed by atoms with van der Waals surface area (Å²) in [6.45, 7) is 8.24. The molecule has 1 spiro atoms. The Kier molecular flexibility index (Phi) is 6.29. The molecule has 1 aromatic heterocycles. The minimum absolute atomic E-state index is 0.0715. The van der Waals surface area contributed by atoms with Gasteiger partial charge in [-0.2, -0.15) is 4.98 Å². The topological polar surface area (TPSA) is 101 Å². The number of aryl methyl sites for hydroxylation is 2. The van der Waals surface area contributed by atoms with Crippen molar-refractivity contribution in [1.29, 1.82) is 0 Å². The first-order valence-electron chi connectivity index (χ1n) is 14.4.